The molecule has 2 aromatic carbocycles. The number of benzene rings is 2. The number of ether oxygens (including phenoxy) is 1. The molecule has 0 unspecified atom stereocenters. The van der Waals surface area contributed by atoms with E-state index in [1.54, 1.807) is 24.3 Å². The Morgan fingerprint density at radius 1 is 1.23 bits per heavy atom. The van der Waals surface area contributed by atoms with Gasteiger partial charge in [0, 0.05) is 5.02 Å². The van der Waals surface area contributed by atoms with Crippen LogP contribution >= 0.6 is 23.2 Å². The zero-order valence-corrected chi connectivity index (χ0v) is 16.8. The molecule has 0 saturated heterocycles. The third kappa shape index (κ3) is 4.89. The zero-order valence-electron chi connectivity index (χ0n) is 15.3. The number of halogens is 2. The lowest BCUT2D eigenvalue weighted by molar-refractivity contribution is -0.142. The molecule has 10 heteroatoms. The van der Waals surface area contributed by atoms with Crippen molar-refractivity contribution in [3.8, 4) is 6.07 Å². The van der Waals surface area contributed by atoms with Gasteiger partial charge in [0.25, 0.3) is 5.91 Å². The van der Waals surface area contributed by atoms with Crippen molar-refractivity contribution < 1.29 is 19.4 Å². The Morgan fingerprint density at radius 3 is 2.70 bits per heavy atom. The lowest BCUT2D eigenvalue weighted by Gasteiger charge is -2.08. The molecule has 0 saturated carbocycles. The van der Waals surface area contributed by atoms with E-state index in [1.807, 2.05) is 6.07 Å². The number of aromatic nitrogens is 2. The van der Waals surface area contributed by atoms with Crippen LogP contribution in [-0.4, -0.2) is 40.1 Å². The van der Waals surface area contributed by atoms with Crippen LogP contribution in [0.25, 0.3) is 16.6 Å². The van der Waals surface area contributed by atoms with E-state index in [9.17, 15) is 20.0 Å². The molecular formula is C20H14Cl2N4O4. The highest BCUT2D eigenvalue weighted by molar-refractivity contribution is 6.36. The number of carbonyl (C=O) groups is 2. The number of fused-ring (bicyclic) bond motifs is 1. The first kappa shape index (κ1) is 21.2. The highest BCUT2D eigenvalue weighted by Gasteiger charge is 2.16. The topological polar surface area (TPSA) is 128 Å². The van der Waals surface area contributed by atoms with E-state index < -0.39 is 30.8 Å². The molecule has 30 heavy (non-hydrogen) atoms. The fourth-order valence-corrected chi connectivity index (χ4v) is 3.01. The molecule has 152 valence electrons. The van der Waals surface area contributed by atoms with Crippen LogP contribution in [0.4, 0.5) is 0 Å². The molecule has 0 aliphatic rings. The Hall–Kier alpha value is -3.54. The first-order chi connectivity index (χ1) is 14.4. The number of allylic oxidation sites excluding steroid dienone is 1. The van der Waals surface area contributed by atoms with Crippen LogP contribution < -0.4 is 5.32 Å². The molecule has 0 radical (unpaired) electrons. The van der Waals surface area contributed by atoms with Gasteiger partial charge in [-0.15, -0.1) is 0 Å². The van der Waals surface area contributed by atoms with E-state index in [2.05, 4.69) is 15.3 Å². The van der Waals surface area contributed by atoms with E-state index in [4.69, 9.17) is 27.9 Å². The molecule has 0 spiro atoms. The van der Waals surface area contributed by atoms with Gasteiger partial charge in [0.15, 0.2) is 11.6 Å². The maximum Gasteiger partial charge on any atom is 0.325 e. The number of hydrogen-bond donors (Lipinski definition) is 3. The third-order valence-electron chi connectivity index (χ3n) is 3.97. The lowest BCUT2D eigenvalue weighted by atomic mass is 10.2. The fraction of sp³-hybridized carbons (Fsp3) is 0.100. The summed E-state index contributed by atoms with van der Waals surface area (Å²) >= 11 is 11.7. The van der Waals surface area contributed by atoms with Crippen molar-refractivity contribution in [1.82, 2.24) is 15.3 Å². The Bertz CT molecular complexity index is 1160. The summed E-state index contributed by atoms with van der Waals surface area (Å²) in [6.07, 6.45) is 0. The summed E-state index contributed by atoms with van der Waals surface area (Å²) in [6.45, 7) is -1.02. The minimum Gasteiger partial charge on any atom is -0.507 e. The van der Waals surface area contributed by atoms with Crippen LogP contribution in [0.2, 0.25) is 10.0 Å². The number of H-pyrrole nitrogens is 1. The highest BCUT2D eigenvalue weighted by atomic mass is 35.5. The number of nitrogens with one attached hydrogen (secondary N) is 2. The number of aliphatic hydroxyl groups is 1. The van der Waals surface area contributed by atoms with Gasteiger partial charge in [-0.3, -0.25) is 9.59 Å². The summed E-state index contributed by atoms with van der Waals surface area (Å²) in [7, 11) is 0. The Labute approximate surface area is 180 Å². The fourth-order valence-electron chi connectivity index (χ4n) is 2.52. The van der Waals surface area contributed by atoms with Crippen LogP contribution in [0.15, 0.2) is 48.2 Å². The molecule has 3 aromatic rings. The summed E-state index contributed by atoms with van der Waals surface area (Å²) in [6, 6.07) is 13.3. The van der Waals surface area contributed by atoms with Crippen LogP contribution in [0.5, 0.6) is 0 Å². The first-order valence-corrected chi connectivity index (χ1v) is 9.31. The third-order valence-corrected chi connectivity index (χ3v) is 4.51. The van der Waals surface area contributed by atoms with Gasteiger partial charge in [0.2, 0.25) is 0 Å². The largest absolute Gasteiger partial charge is 0.507 e. The number of para-hydroxylation sites is 2. The number of nitrogens with zero attached hydrogens (tertiary/aromatic N) is 2. The molecule has 3 N–H and O–H groups in total. The van der Waals surface area contributed by atoms with Gasteiger partial charge >= 0.3 is 5.97 Å². The number of nitriles is 1. The number of imidazole rings is 1. The summed E-state index contributed by atoms with van der Waals surface area (Å²) in [5.41, 5.74) is 1.30. The maximum absolute atomic E-state index is 12.1. The quantitative estimate of drug-likeness (QED) is 0.302. The molecular weight excluding hydrogens is 431 g/mol. The van der Waals surface area contributed by atoms with E-state index in [0.29, 0.717) is 16.1 Å². The zero-order chi connectivity index (χ0) is 21.7. The molecule has 0 aliphatic carbocycles. The average Bonchev–Trinajstić information content (AvgIpc) is 3.14. The summed E-state index contributed by atoms with van der Waals surface area (Å²) in [5, 5.41) is 22.4. The number of aromatic amines is 1. The second-order valence-electron chi connectivity index (χ2n) is 6.00. The van der Waals surface area contributed by atoms with Crippen LogP contribution in [0.1, 0.15) is 16.2 Å². The van der Waals surface area contributed by atoms with E-state index >= 15 is 0 Å². The van der Waals surface area contributed by atoms with Crippen LogP contribution in [0, 0.1) is 11.3 Å². The molecule has 1 aromatic heterocycles. The minimum atomic E-state index is -0.818. The van der Waals surface area contributed by atoms with Gasteiger partial charge in [-0.05, 0) is 30.3 Å². The van der Waals surface area contributed by atoms with Crippen molar-refractivity contribution in [2.45, 2.75) is 0 Å². The van der Waals surface area contributed by atoms with Crippen molar-refractivity contribution in [2.24, 2.45) is 0 Å². The van der Waals surface area contributed by atoms with Gasteiger partial charge in [0.1, 0.15) is 24.8 Å². The normalized spacial score (nSPS) is 11.5. The van der Waals surface area contributed by atoms with Gasteiger partial charge < -0.3 is 20.1 Å². The molecule has 8 nitrogen and oxygen atoms in total. The van der Waals surface area contributed by atoms with E-state index in [0.717, 1.165) is 0 Å². The molecule has 0 bridgehead atoms. The SMILES string of the molecule is N#CC(=C(O)COC(=O)CNC(=O)c1ccc(Cl)cc1Cl)c1nc2ccccc2[nH]1. The second-order valence-corrected chi connectivity index (χ2v) is 6.85. The first-order valence-electron chi connectivity index (χ1n) is 8.55. The number of rotatable bonds is 6. The summed E-state index contributed by atoms with van der Waals surface area (Å²) in [4.78, 5) is 31.1. The van der Waals surface area contributed by atoms with Crippen molar-refractivity contribution in [3.63, 3.8) is 0 Å². The van der Waals surface area contributed by atoms with Crippen molar-refractivity contribution in [1.29, 1.82) is 5.26 Å². The predicted octanol–water partition coefficient (Wildman–Crippen LogP) is 3.64. The molecule has 1 amide bonds. The Morgan fingerprint density at radius 2 is 2.00 bits per heavy atom. The predicted molar refractivity (Wildman–Crippen MR) is 111 cm³/mol. The standard InChI is InChI=1S/C20H14Cl2N4O4/c21-11-5-6-12(14(22)7-11)20(29)24-9-18(28)30-10-17(27)13(8-23)19-25-15-3-1-2-4-16(15)26-19/h1-7,27H,9-10H2,(H,24,29)(H,25,26). The molecule has 0 fully saturated rings. The number of hydrogen-bond acceptors (Lipinski definition) is 6. The van der Waals surface area contributed by atoms with Gasteiger partial charge in [-0.2, -0.15) is 5.26 Å². The lowest BCUT2D eigenvalue weighted by Crippen LogP contribution is -2.31. The molecule has 3 rings (SSSR count). The molecule has 0 atom stereocenters. The average molecular weight is 445 g/mol. The Balaban J connectivity index is 1.60. The summed E-state index contributed by atoms with van der Waals surface area (Å²) < 4.78 is 4.91. The van der Waals surface area contributed by atoms with Gasteiger partial charge in [0.05, 0.1) is 21.6 Å². The van der Waals surface area contributed by atoms with E-state index in [1.165, 1.54) is 18.2 Å². The smallest absolute Gasteiger partial charge is 0.325 e. The molecule has 1 heterocycles. The van der Waals surface area contributed by atoms with Crippen molar-refractivity contribution in [2.75, 3.05) is 13.2 Å². The van der Waals surface area contributed by atoms with Crippen molar-refractivity contribution >= 4 is 51.7 Å². The monoisotopic (exact) mass is 444 g/mol. The van der Waals surface area contributed by atoms with Crippen LogP contribution in [0.3, 0.4) is 0 Å². The highest BCUT2D eigenvalue weighted by Crippen LogP contribution is 2.21. The molecule has 0 aliphatic heterocycles. The number of amides is 1. The minimum absolute atomic E-state index is 0.137. The second kappa shape index (κ2) is 9.31. The van der Waals surface area contributed by atoms with Gasteiger partial charge in [-0.25, -0.2) is 4.98 Å². The maximum atomic E-state index is 12.1. The number of esters is 1. The van der Waals surface area contributed by atoms with Crippen molar-refractivity contribution in [3.05, 3.63) is 69.7 Å². The summed E-state index contributed by atoms with van der Waals surface area (Å²) in [5.74, 6) is -1.73. The Kier molecular flexibility index (Phi) is 6.57. The number of aliphatic hydroxyl groups excluding tert-OH is 1. The number of carbonyl (C=O) groups excluding carboxylic acids is 2. The van der Waals surface area contributed by atoms with Gasteiger partial charge in [-0.1, -0.05) is 35.3 Å². The van der Waals surface area contributed by atoms with E-state index in [-0.39, 0.29) is 22.0 Å². The van der Waals surface area contributed by atoms with Crippen LogP contribution in [-0.2, 0) is 9.53 Å².